The van der Waals surface area contributed by atoms with Gasteiger partial charge < -0.3 is 5.32 Å². The van der Waals surface area contributed by atoms with E-state index in [1.165, 1.54) is 10.8 Å². The van der Waals surface area contributed by atoms with Gasteiger partial charge in [-0.3, -0.25) is 0 Å². The molecule has 98 valence electrons. The van der Waals surface area contributed by atoms with Gasteiger partial charge in [0.25, 0.3) is 0 Å². The number of nitrogens with one attached hydrogen (secondary N) is 1. The molecular formula is C15H23NSSi. The summed E-state index contributed by atoms with van der Waals surface area (Å²) in [6.45, 7) is 9.10. The second kappa shape index (κ2) is 7.68. The molecule has 0 heterocycles. The molecule has 1 aromatic rings. The summed E-state index contributed by atoms with van der Waals surface area (Å²) < 4.78 is 0. The maximum atomic E-state index is 5.20. The SMILES string of the molecule is C#CCSCCNCc1ccc([Si](C)(C)C)cc1. The molecule has 0 aromatic heterocycles. The largest absolute Gasteiger partial charge is 0.312 e. The van der Waals surface area contributed by atoms with Gasteiger partial charge in [-0.25, -0.2) is 0 Å². The van der Waals surface area contributed by atoms with Crippen LogP contribution in [0.15, 0.2) is 24.3 Å². The lowest BCUT2D eigenvalue weighted by atomic mass is 10.2. The van der Waals surface area contributed by atoms with Gasteiger partial charge in [-0.05, 0) is 5.56 Å². The maximum absolute atomic E-state index is 5.20. The fourth-order valence-corrected chi connectivity index (χ4v) is 3.35. The van der Waals surface area contributed by atoms with Crippen molar-refractivity contribution >= 4 is 25.0 Å². The molecule has 1 N–H and O–H groups in total. The highest BCUT2D eigenvalue weighted by Crippen LogP contribution is 2.04. The highest BCUT2D eigenvalue weighted by molar-refractivity contribution is 7.99. The Bertz CT molecular complexity index is 386. The molecule has 0 bridgehead atoms. The lowest BCUT2D eigenvalue weighted by Gasteiger charge is -2.16. The minimum atomic E-state index is -1.15. The summed E-state index contributed by atoms with van der Waals surface area (Å²) >= 11 is 1.80. The number of hydrogen-bond acceptors (Lipinski definition) is 2. The molecule has 0 unspecified atom stereocenters. The third-order valence-electron chi connectivity index (χ3n) is 2.76. The van der Waals surface area contributed by atoms with E-state index in [-0.39, 0.29) is 0 Å². The first-order valence-corrected chi connectivity index (χ1v) is 11.0. The Kier molecular flexibility index (Phi) is 6.55. The number of hydrogen-bond donors (Lipinski definition) is 1. The Morgan fingerprint density at radius 3 is 2.44 bits per heavy atom. The van der Waals surface area contributed by atoms with Gasteiger partial charge in [-0.1, -0.05) is 55.0 Å². The quantitative estimate of drug-likeness (QED) is 0.467. The molecule has 0 atom stereocenters. The Balaban J connectivity index is 2.30. The lowest BCUT2D eigenvalue weighted by Crippen LogP contribution is -2.37. The van der Waals surface area contributed by atoms with Crippen LogP contribution in [0.4, 0.5) is 0 Å². The molecule has 18 heavy (non-hydrogen) atoms. The molecule has 0 aliphatic heterocycles. The summed E-state index contributed by atoms with van der Waals surface area (Å²) in [6.07, 6.45) is 5.20. The van der Waals surface area contributed by atoms with Crippen LogP contribution in [0.25, 0.3) is 0 Å². The van der Waals surface area contributed by atoms with Crippen molar-refractivity contribution in [1.82, 2.24) is 5.32 Å². The summed E-state index contributed by atoms with van der Waals surface area (Å²) in [5.41, 5.74) is 1.36. The van der Waals surface area contributed by atoms with Gasteiger partial charge in [0.2, 0.25) is 0 Å². The van der Waals surface area contributed by atoms with E-state index in [1.54, 1.807) is 11.8 Å². The fourth-order valence-electron chi connectivity index (χ4n) is 1.63. The van der Waals surface area contributed by atoms with Crippen LogP contribution in [0.3, 0.4) is 0 Å². The highest BCUT2D eigenvalue weighted by Gasteiger charge is 2.15. The second-order valence-corrected chi connectivity index (χ2v) is 11.6. The zero-order valence-corrected chi connectivity index (χ0v) is 13.4. The van der Waals surface area contributed by atoms with Gasteiger partial charge >= 0.3 is 0 Å². The Morgan fingerprint density at radius 1 is 1.22 bits per heavy atom. The fraction of sp³-hybridized carbons (Fsp3) is 0.467. The summed E-state index contributed by atoms with van der Waals surface area (Å²) in [5.74, 6) is 4.53. The molecule has 1 aromatic carbocycles. The molecule has 0 aliphatic rings. The van der Waals surface area contributed by atoms with Crippen molar-refractivity contribution in [3.05, 3.63) is 29.8 Å². The van der Waals surface area contributed by atoms with E-state index < -0.39 is 8.07 Å². The average Bonchev–Trinajstić information content (AvgIpc) is 2.33. The van der Waals surface area contributed by atoms with Crippen LogP contribution in [0.2, 0.25) is 19.6 Å². The molecule has 0 aliphatic carbocycles. The van der Waals surface area contributed by atoms with Crippen LogP contribution in [-0.4, -0.2) is 26.1 Å². The molecule has 0 radical (unpaired) electrons. The zero-order valence-electron chi connectivity index (χ0n) is 11.6. The molecular weight excluding hydrogens is 254 g/mol. The van der Waals surface area contributed by atoms with E-state index in [2.05, 4.69) is 55.1 Å². The summed E-state index contributed by atoms with van der Waals surface area (Å²) in [6, 6.07) is 9.07. The van der Waals surface area contributed by atoms with Crippen LogP contribution in [0.1, 0.15) is 5.56 Å². The van der Waals surface area contributed by atoms with Crippen molar-refractivity contribution in [1.29, 1.82) is 0 Å². The van der Waals surface area contributed by atoms with Crippen molar-refractivity contribution in [2.24, 2.45) is 0 Å². The van der Waals surface area contributed by atoms with Gasteiger partial charge in [-0.15, -0.1) is 18.2 Å². The van der Waals surface area contributed by atoms with Crippen LogP contribution in [-0.2, 0) is 6.54 Å². The van der Waals surface area contributed by atoms with E-state index in [0.717, 1.165) is 24.6 Å². The van der Waals surface area contributed by atoms with Crippen molar-refractivity contribution < 1.29 is 0 Å². The smallest absolute Gasteiger partial charge is 0.0775 e. The van der Waals surface area contributed by atoms with E-state index in [1.807, 2.05) is 0 Å². The van der Waals surface area contributed by atoms with E-state index in [0.29, 0.717) is 0 Å². The highest BCUT2D eigenvalue weighted by atomic mass is 32.2. The van der Waals surface area contributed by atoms with Crippen molar-refractivity contribution in [3.8, 4) is 12.3 Å². The third-order valence-corrected chi connectivity index (χ3v) is 5.69. The molecule has 0 spiro atoms. The first-order chi connectivity index (χ1) is 8.54. The van der Waals surface area contributed by atoms with E-state index in [9.17, 15) is 0 Å². The maximum Gasteiger partial charge on any atom is 0.0775 e. The first-order valence-electron chi connectivity index (χ1n) is 6.35. The Morgan fingerprint density at radius 2 is 1.89 bits per heavy atom. The van der Waals surface area contributed by atoms with E-state index >= 15 is 0 Å². The van der Waals surface area contributed by atoms with E-state index in [4.69, 9.17) is 6.42 Å². The van der Waals surface area contributed by atoms with Crippen LogP contribution in [0, 0.1) is 12.3 Å². The summed E-state index contributed by atoms with van der Waals surface area (Å²) in [7, 11) is -1.15. The summed E-state index contributed by atoms with van der Waals surface area (Å²) in [4.78, 5) is 0. The lowest BCUT2D eigenvalue weighted by molar-refractivity contribution is 0.732. The standard InChI is InChI=1S/C15H23NSSi/c1-5-11-17-12-10-16-13-14-6-8-15(9-7-14)18(2,3)4/h1,6-9,16H,10-13H2,2-4H3. The molecule has 3 heteroatoms. The minimum Gasteiger partial charge on any atom is -0.312 e. The normalized spacial score (nSPS) is 11.2. The zero-order chi connectivity index (χ0) is 13.4. The molecule has 1 nitrogen and oxygen atoms in total. The van der Waals surface area contributed by atoms with Crippen LogP contribution in [0.5, 0.6) is 0 Å². The van der Waals surface area contributed by atoms with Gasteiger partial charge in [0.1, 0.15) is 0 Å². The summed E-state index contributed by atoms with van der Waals surface area (Å²) in [5, 5.41) is 4.96. The molecule has 0 saturated heterocycles. The molecule has 0 amide bonds. The third kappa shape index (κ3) is 5.77. The van der Waals surface area contributed by atoms with Gasteiger partial charge in [0, 0.05) is 18.8 Å². The molecule has 1 rings (SSSR count). The van der Waals surface area contributed by atoms with Crippen LogP contribution >= 0.6 is 11.8 Å². The number of benzene rings is 1. The topological polar surface area (TPSA) is 12.0 Å². The van der Waals surface area contributed by atoms with Crippen LogP contribution < -0.4 is 10.5 Å². The Labute approximate surface area is 117 Å². The van der Waals surface area contributed by atoms with Gasteiger partial charge in [-0.2, -0.15) is 0 Å². The first kappa shape index (κ1) is 15.4. The number of terminal acetylenes is 1. The van der Waals surface area contributed by atoms with Crippen molar-refractivity contribution in [2.45, 2.75) is 26.2 Å². The van der Waals surface area contributed by atoms with Crippen molar-refractivity contribution in [2.75, 3.05) is 18.1 Å². The van der Waals surface area contributed by atoms with Crippen molar-refractivity contribution in [3.63, 3.8) is 0 Å². The molecule has 0 fully saturated rings. The number of rotatable bonds is 7. The Hall–Kier alpha value is -0.693. The predicted octanol–water partition coefficient (Wildman–Crippen LogP) is 2.69. The van der Waals surface area contributed by atoms with Gasteiger partial charge in [0.05, 0.1) is 13.8 Å². The number of thioether (sulfide) groups is 1. The van der Waals surface area contributed by atoms with Gasteiger partial charge in [0.15, 0.2) is 0 Å². The monoisotopic (exact) mass is 277 g/mol. The minimum absolute atomic E-state index is 0.812. The average molecular weight is 278 g/mol. The second-order valence-electron chi connectivity index (χ2n) is 5.38. The molecule has 0 saturated carbocycles. The predicted molar refractivity (Wildman–Crippen MR) is 87.3 cm³/mol.